The molecule has 2 N–H and O–H groups in total. The molecule has 1 aliphatic carbocycles. The van der Waals surface area contributed by atoms with Gasteiger partial charge in [0.05, 0.1) is 6.20 Å². The van der Waals surface area contributed by atoms with Gasteiger partial charge in [0, 0.05) is 23.1 Å². The van der Waals surface area contributed by atoms with Gasteiger partial charge in [0.25, 0.3) is 5.91 Å². The maximum Gasteiger partial charge on any atom is 0.316 e. The summed E-state index contributed by atoms with van der Waals surface area (Å²) in [5.41, 5.74) is 1.16. The van der Waals surface area contributed by atoms with E-state index >= 15 is 0 Å². The fraction of sp³-hybridized carbons (Fsp3) is 0.421. The predicted octanol–water partition coefficient (Wildman–Crippen LogP) is 3.31. The summed E-state index contributed by atoms with van der Waals surface area (Å²) in [6.45, 7) is 0.594. The number of carboxylic acid groups (broad SMARTS) is 1. The number of hydrogen-bond donors (Lipinski definition) is 2. The van der Waals surface area contributed by atoms with Crippen molar-refractivity contribution >= 4 is 27.8 Å². The topological polar surface area (TPSA) is 86.3 Å². The van der Waals surface area contributed by atoms with Crippen molar-refractivity contribution in [3.05, 3.63) is 51.8 Å². The van der Waals surface area contributed by atoms with Crippen LogP contribution in [0.15, 0.2) is 34.9 Å². The van der Waals surface area contributed by atoms with Crippen LogP contribution < -0.4 is 0 Å². The molecule has 2 aliphatic rings. The molecular weight excluding hydrogens is 398 g/mol. The van der Waals surface area contributed by atoms with Gasteiger partial charge in [-0.1, -0.05) is 34.5 Å². The average Bonchev–Trinajstić information content (AvgIpc) is 3.21. The molecule has 7 heteroatoms. The lowest BCUT2D eigenvalue weighted by Gasteiger charge is -2.27. The third-order valence-corrected chi connectivity index (χ3v) is 6.32. The Morgan fingerprint density at radius 3 is 2.62 bits per heavy atom. The number of halogens is 1. The second-order valence-corrected chi connectivity index (χ2v) is 8.11. The highest BCUT2D eigenvalue weighted by Crippen LogP contribution is 2.39. The molecule has 1 atom stereocenters. The van der Waals surface area contributed by atoms with Crippen molar-refractivity contribution in [1.29, 1.82) is 0 Å². The summed E-state index contributed by atoms with van der Waals surface area (Å²) in [5, 5.41) is 16.8. The highest BCUT2D eigenvalue weighted by Gasteiger charge is 2.48. The number of benzene rings is 1. The minimum atomic E-state index is -1.06. The highest BCUT2D eigenvalue weighted by molar-refractivity contribution is 9.10. The van der Waals surface area contributed by atoms with Gasteiger partial charge in [-0.3, -0.25) is 14.7 Å². The number of amides is 1. The monoisotopic (exact) mass is 417 g/mol. The Balaban J connectivity index is 1.60. The quantitative estimate of drug-likeness (QED) is 0.798. The minimum absolute atomic E-state index is 0.148. The molecule has 2 heterocycles. The molecule has 1 amide bonds. The molecule has 2 aromatic rings. The lowest BCUT2D eigenvalue weighted by atomic mass is 9.79. The number of carbonyl (C=O) groups is 2. The van der Waals surface area contributed by atoms with Gasteiger partial charge in [-0.2, -0.15) is 5.10 Å². The molecule has 0 spiro atoms. The third kappa shape index (κ3) is 2.74. The minimum Gasteiger partial charge on any atom is -0.481 e. The summed E-state index contributed by atoms with van der Waals surface area (Å²) in [6, 6.07) is 7.33. The largest absolute Gasteiger partial charge is 0.481 e. The first kappa shape index (κ1) is 17.3. The van der Waals surface area contributed by atoms with E-state index in [4.69, 9.17) is 0 Å². The zero-order chi connectivity index (χ0) is 18.3. The van der Waals surface area contributed by atoms with E-state index < -0.39 is 11.4 Å². The first-order valence-corrected chi connectivity index (χ1v) is 9.62. The predicted molar refractivity (Wildman–Crippen MR) is 99.2 cm³/mol. The van der Waals surface area contributed by atoms with Crippen molar-refractivity contribution in [1.82, 2.24) is 15.1 Å². The number of aromatic nitrogens is 2. The van der Waals surface area contributed by atoms with Crippen LogP contribution in [0.2, 0.25) is 0 Å². The van der Waals surface area contributed by atoms with Gasteiger partial charge in [0.1, 0.15) is 11.1 Å². The average molecular weight is 418 g/mol. The Morgan fingerprint density at radius 2 is 2.00 bits per heavy atom. The first-order valence-electron chi connectivity index (χ1n) is 8.83. The number of likely N-dealkylation sites (tertiary alicyclic amines) is 1. The molecule has 4 rings (SSSR count). The second kappa shape index (κ2) is 6.54. The van der Waals surface area contributed by atoms with Gasteiger partial charge in [-0.25, -0.2) is 0 Å². The van der Waals surface area contributed by atoms with Crippen LogP contribution in [-0.4, -0.2) is 45.2 Å². The van der Waals surface area contributed by atoms with Crippen molar-refractivity contribution in [3.63, 3.8) is 0 Å². The maximum atomic E-state index is 13.0. The van der Waals surface area contributed by atoms with Crippen LogP contribution in [0.1, 0.15) is 53.2 Å². The summed E-state index contributed by atoms with van der Waals surface area (Å²) in [7, 11) is 0. The number of rotatable bonds is 4. The third-order valence-electron chi connectivity index (χ3n) is 5.79. The molecule has 1 unspecified atom stereocenters. The van der Waals surface area contributed by atoms with Crippen molar-refractivity contribution in [2.75, 3.05) is 13.1 Å². The van der Waals surface area contributed by atoms with Crippen molar-refractivity contribution in [2.24, 2.45) is 0 Å². The van der Waals surface area contributed by atoms with Gasteiger partial charge in [-0.05, 0) is 42.9 Å². The number of hydrogen-bond acceptors (Lipinski definition) is 3. The summed E-state index contributed by atoms with van der Waals surface area (Å²) in [5.74, 6) is -0.644. The number of carboxylic acids is 1. The van der Waals surface area contributed by atoms with Crippen LogP contribution in [-0.2, 0) is 10.2 Å². The van der Waals surface area contributed by atoms with Crippen LogP contribution in [0, 0.1) is 0 Å². The van der Waals surface area contributed by atoms with E-state index in [1.54, 1.807) is 11.1 Å². The van der Waals surface area contributed by atoms with Gasteiger partial charge in [0.15, 0.2) is 0 Å². The highest BCUT2D eigenvalue weighted by atomic mass is 79.9. The van der Waals surface area contributed by atoms with Crippen LogP contribution in [0.4, 0.5) is 0 Å². The smallest absolute Gasteiger partial charge is 0.316 e. The molecule has 0 bridgehead atoms. The summed E-state index contributed by atoms with van der Waals surface area (Å²) >= 11 is 3.38. The number of nitrogens with zero attached hydrogens (tertiary/aromatic N) is 2. The van der Waals surface area contributed by atoms with Crippen molar-refractivity contribution in [2.45, 2.75) is 37.0 Å². The molecule has 0 radical (unpaired) electrons. The molecule has 136 valence electrons. The Bertz CT molecular complexity index is 844. The molecule has 1 aliphatic heterocycles. The number of aliphatic carboxylic acids is 1. The van der Waals surface area contributed by atoms with E-state index in [2.05, 4.69) is 26.1 Å². The van der Waals surface area contributed by atoms with Gasteiger partial charge in [-0.15, -0.1) is 0 Å². The van der Waals surface area contributed by atoms with E-state index in [1.807, 2.05) is 24.3 Å². The Morgan fingerprint density at radius 1 is 1.27 bits per heavy atom. The van der Waals surface area contributed by atoms with E-state index in [0.29, 0.717) is 24.6 Å². The van der Waals surface area contributed by atoms with E-state index in [-0.39, 0.29) is 12.5 Å². The number of H-pyrrole nitrogens is 1. The summed E-state index contributed by atoms with van der Waals surface area (Å²) < 4.78 is 0.898. The van der Waals surface area contributed by atoms with Gasteiger partial charge < -0.3 is 10.0 Å². The lowest BCUT2D eigenvalue weighted by Crippen LogP contribution is -2.40. The fourth-order valence-electron chi connectivity index (χ4n) is 3.94. The number of nitrogens with one attached hydrogen (secondary N) is 1. The molecule has 1 saturated carbocycles. The van der Waals surface area contributed by atoms with Crippen LogP contribution in [0.3, 0.4) is 0 Å². The first-order chi connectivity index (χ1) is 12.5. The standard InChI is InChI=1S/C19H20BrN3O3/c20-14-6-4-13(5-7-14)19(18(25)26)8-9-23(11-19)17(24)16-15(10-21-22-16)12-2-1-3-12/h4-7,10,12H,1-3,8-9,11H2,(H,21,22)(H,25,26). The molecule has 1 aromatic heterocycles. The van der Waals surface area contributed by atoms with Crippen molar-refractivity contribution < 1.29 is 14.7 Å². The molecular formula is C19H20BrN3O3. The SMILES string of the molecule is O=C(c1[nH]ncc1C1CCC1)N1CCC(C(=O)O)(c2ccc(Br)cc2)C1. The number of aromatic amines is 1. The molecule has 2 fully saturated rings. The molecule has 6 nitrogen and oxygen atoms in total. The fourth-order valence-corrected chi connectivity index (χ4v) is 4.20. The summed E-state index contributed by atoms with van der Waals surface area (Å²) in [4.78, 5) is 26.8. The van der Waals surface area contributed by atoms with Gasteiger partial charge >= 0.3 is 5.97 Å². The summed E-state index contributed by atoms with van der Waals surface area (Å²) in [6.07, 6.45) is 5.49. The number of carbonyl (C=O) groups excluding carboxylic acids is 1. The van der Waals surface area contributed by atoms with E-state index in [1.165, 1.54) is 6.42 Å². The van der Waals surface area contributed by atoms with E-state index in [9.17, 15) is 14.7 Å². The Kier molecular flexibility index (Phi) is 4.34. The van der Waals surface area contributed by atoms with Crippen LogP contribution in [0.25, 0.3) is 0 Å². The second-order valence-electron chi connectivity index (χ2n) is 7.20. The van der Waals surface area contributed by atoms with Crippen molar-refractivity contribution in [3.8, 4) is 0 Å². The van der Waals surface area contributed by atoms with Crippen LogP contribution in [0.5, 0.6) is 0 Å². The molecule has 26 heavy (non-hydrogen) atoms. The molecule has 1 saturated heterocycles. The Labute approximate surface area is 159 Å². The molecule has 1 aromatic carbocycles. The maximum absolute atomic E-state index is 13.0. The normalized spacial score (nSPS) is 23.0. The van der Waals surface area contributed by atoms with Crippen LogP contribution >= 0.6 is 15.9 Å². The zero-order valence-corrected chi connectivity index (χ0v) is 15.8. The van der Waals surface area contributed by atoms with E-state index in [0.717, 1.165) is 28.4 Å². The zero-order valence-electron chi connectivity index (χ0n) is 14.2. The van der Waals surface area contributed by atoms with Gasteiger partial charge in [0.2, 0.25) is 0 Å². The Hall–Kier alpha value is -2.15. The lowest BCUT2D eigenvalue weighted by molar-refractivity contribution is -0.143.